The summed E-state index contributed by atoms with van der Waals surface area (Å²) in [5, 5.41) is 8.49. The summed E-state index contributed by atoms with van der Waals surface area (Å²) in [7, 11) is 0. The topological polar surface area (TPSA) is 108 Å². The highest BCUT2D eigenvalue weighted by Gasteiger charge is 2.40. The molecule has 2 aromatic rings. The van der Waals surface area contributed by atoms with E-state index in [1.54, 1.807) is 12.1 Å². The molecule has 2 heterocycles. The van der Waals surface area contributed by atoms with Crippen LogP contribution in [0.5, 0.6) is 0 Å². The van der Waals surface area contributed by atoms with Crippen LogP contribution < -0.4 is 16.0 Å². The Labute approximate surface area is 209 Å². The lowest BCUT2D eigenvalue weighted by atomic mass is 10.0. The Morgan fingerprint density at radius 1 is 1.21 bits per heavy atom. The maximum absolute atomic E-state index is 13.1. The molecule has 0 spiro atoms. The molecule has 0 saturated carbocycles. The molecule has 33 heavy (non-hydrogen) atoms. The van der Waals surface area contributed by atoms with Gasteiger partial charge >= 0.3 is 6.03 Å². The Bertz CT molecular complexity index is 1200. The molecule has 2 aliphatic rings. The van der Waals surface area contributed by atoms with Gasteiger partial charge in [-0.3, -0.25) is 19.7 Å². The SMILES string of the molecule is Cc1ccc(NC(=O)NCc2cc(C)c3c(c2I)CN(C2CCC(=O)NC2=O)C3=O)cc1Cl. The largest absolute Gasteiger partial charge is 0.334 e. The number of rotatable bonds is 4. The fourth-order valence-electron chi connectivity index (χ4n) is 4.15. The molecule has 2 aromatic carbocycles. The van der Waals surface area contributed by atoms with E-state index in [1.807, 2.05) is 26.0 Å². The molecule has 1 saturated heterocycles. The number of benzene rings is 2. The number of hydrogen-bond acceptors (Lipinski definition) is 4. The van der Waals surface area contributed by atoms with Crippen LogP contribution in [0.15, 0.2) is 24.3 Å². The lowest BCUT2D eigenvalue weighted by Crippen LogP contribution is -2.52. The van der Waals surface area contributed by atoms with Gasteiger partial charge in [0.1, 0.15) is 6.04 Å². The number of imide groups is 1. The van der Waals surface area contributed by atoms with Crippen molar-refractivity contribution < 1.29 is 19.2 Å². The fourth-order valence-corrected chi connectivity index (χ4v) is 5.12. The summed E-state index contributed by atoms with van der Waals surface area (Å²) >= 11 is 8.29. The third-order valence-electron chi connectivity index (χ3n) is 5.89. The van der Waals surface area contributed by atoms with Gasteiger partial charge in [0, 0.05) is 39.4 Å². The van der Waals surface area contributed by atoms with Crippen molar-refractivity contribution >= 4 is 63.6 Å². The molecule has 0 radical (unpaired) electrons. The second-order valence-electron chi connectivity index (χ2n) is 8.19. The molecule has 1 unspecified atom stereocenters. The number of amides is 5. The Hall–Kier alpha value is -2.66. The van der Waals surface area contributed by atoms with Gasteiger partial charge in [-0.05, 0) is 77.2 Å². The zero-order valence-corrected chi connectivity index (χ0v) is 21.0. The molecule has 4 rings (SSSR count). The number of fused-ring (bicyclic) bond motifs is 1. The van der Waals surface area contributed by atoms with Gasteiger partial charge in [0.25, 0.3) is 5.91 Å². The summed E-state index contributed by atoms with van der Waals surface area (Å²) in [4.78, 5) is 50.8. The van der Waals surface area contributed by atoms with Crippen LogP contribution in [0.3, 0.4) is 0 Å². The van der Waals surface area contributed by atoms with E-state index in [4.69, 9.17) is 11.6 Å². The number of carbonyl (C=O) groups excluding carboxylic acids is 4. The van der Waals surface area contributed by atoms with Gasteiger partial charge in [-0.2, -0.15) is 0 Å². The van der Waals surface area contributed by atoms with Crippen molar-refractivity contribution in [3.63, 3.8) is 0 Å². The third-order valence-corrected chi connectivity index (χ3v) is 7.64. The number of carbonyl (C=O) groups is 4. The molecule has 5 amide bonds. The Balaban J connectivity index is 1.48. The molecular formula is C23H22ClIN4O4. The first-order valence-electron chi connectivity index (χ1n) is 10.4. The Morgan fingerprint density at radius 3 is 2.67 bits per heavy atom. The molecule has 1 fully saturated rings. The van der Waals surface area contributed by atoms with E-state index < -0.39 is 11.9 Å². The van der Waals surface area contributed by atoms with Crippen molar-refractivity contribution in [1.29, 1.82) is 0 Å². The van der Waals surface area contributed by atoms with Crippen molar-refractivity contribution in [3.05, 3.63) is 60.7 Å². The van der Waals surface area contributed by atoms with Crippen molar-refractivity contribution in [2.75, 3.05) is 5.32 Å². The predicted octanol–water partition coefficient (Wildman–Crippen LogP) is 3.64. The van der Waals surface area contributed by atoms with Crippen LogP contribution in [0.25, 0.3) is 0 Å². The highest BCUT2D eigenvalue weighted by Crippen LogP contribution is 2.34. The van der Waals surface area contributed by atoms with Gasteiger partial charge < -0.3 is 15.5 Å². The molecule has 0 aliphatic carbocycles. The Kier molecular flexibility index (Phi) is 6.62. The molecule has 172 valence electrons. The zero-order valence-electron chi connectivity index (χ0n) is 18.1. The average molecular weight is 581 g/mol. The normalized spacial score (nSPS) is 17.6. The van der Waals surface area contributed by atoms with Crippen LogP contribution in [-0.4, -0.2) is 34.7 Å². The summed E-state index contributed by atoms with van der Waals surface area (Å²) in [6, 6.07) is 6.15. The van der Waals surface area contributed by atoms with E-state index >= 15 is 0 Å². The van der Waals surface area contributed by atoms with Gasteiger partial charge in [0.05, 0.1) is 0 Å². The van der Waals surface area contributed by atoms with Crippen LogP contribution in [0.4, 0.5) is 10.5 Å². The number of halogens is 2. The molecule has 0 aromatic heterocycles. The smallest absolute Gasteiger partial charge is 0.319 e. The van der Waals surface area contributed by atoms with Gasteiger partial charge in [0.15, 0.2) is 0 Å². The van der Waals surface area contributed by atoms with E-state index in [2.05, 4.69) is 38.5 Å². The van der Waals surface area contributed by atoms with Crippen LogP contribution in [0.1, 0.15) is 45.5 Å². The number of aryl methyl sites for hydroxylation is 2. The quantitative estimate of drug-likeness (QED) is 0.379. The van der Waals surface area contributed by atoms with Gasteiger partial charge in [-0.15, -0.1) is 0 Å². The minimum atomic E-state index is -0.661. The number of nitrogens with one attached hydrogen (secondary N) is 3. The van der Waals surface area contributed by atoms with Gasteiger partial charge in [-0.1, -0.05) is 23.7 Å². The zero-order chi connectivity index (χ0) is 23.9. The summed E-state index contributed by atoms with van der Waals surface area (Å²) < 4.78 is 0.870. The molecule has 10 heteroatoms. The molecule has 1 atom stereocenters. The first kappa shape index (κ1) is 23.5. The summed E-state index contributed by atoms with van der Waals surface area (Å²) in [5.74, 6) is -0.955. The van der Waals surface area contributed by atoms with E-state index in [9.17, 15) is 19.2 Å². The molecule has 3 N–H and O–H groups in total. The third kappa shape index (κ3) is 4.70. The van der Waals surface area contributed by atoms with Gasteiger partial charge in [0.2, 0.25) is 11.8 Å². The number of hydrogen-bond donors (Lipinski definition) is 3. The molecular weight excluding hydrogens is 559 g/mol. The summed E-state index contributed by atoms with van der Waals surface area (Å²) in [5.41, 5.74) is 4.61. The average Bonchev–Trinajstić information content (AvgIpc) is 3.10. The Morgan fingerprint density at radius 2 is 1.97 bits per heavy atom. The minimum absolute atomic E-state index is 0.205. The lowest BCUT2D eigenvalue weighted by Gasteiger charge is -2.29. The number of nitrogens with zero attached hydrogens (tertiary/aromatic N) is 1. The highest BCUT2D eigenvalue weighted by atomic mass is 127. The maximum Gasteiger partial charge on any atom is 0.319 e. The van der Waals surface area contributed by atoms with Crippen LogP contribution >= 0.6 is 34.2 Å². The minimum Gasteiger partial charge on any atom is -0.334 e. The van der Waals surface area contributed by atoms with E-state index in [0.29, 0.717) is 29.2 Å². The number of urea groups is 1. The molecule has 2 aliphatic heterocycles. The fraction of sp³-hybridized carbons (Fsp3) is 0.304. The molecule has 0 bridgehead atoms. The van der Waals surface area contributed by atoms with Gasteiger partial charge in [-0.25, -0.2) is 4.79 Å². The first-order valence-corrected chi connectivity index (χ1v) is 11.9. The predicted molar refractivity (Wildman–Crippen MR) is 132 cm³/mol. The van der Waals surface area contributed by atoms with Crippen LogP contribution in [0, 0.1) is 17.4 Å². The first-order chi connectivity index (χ1) is 15.7. The van der Waals surface area contributed by atoms with Crippen LogP contribution in [-0.2, 0) is 22.7 Å². The number of anilines is 1. The molecule has 8 nitrogen and oxygen atoms in total. The second-order valence-corrected chi connectivity index (χ2v) is 9.68. The standard InChI is InChI=1S/C23H22ClIN4O4/c1-11-3-4-14(8-16(11)24)27-23(33)26-9-13-7-12(2)19-15(20(13)25)10-29(22(19)32)17-5-6-18(30)28-21(17)31/h3-4,7-8,17H,5-6,9-10H2,1-2H3,(H2,26,27,33)(H,28,30,31). The highest BCUT2D eigenvalue weighted by molar-refractivity contribution is 14.1. The van der Waals surface area contributed by atoms with Crippen molar-refractivity contribution in [1.82, 2.24) is 15.5 Å². The van der Waals surface area contributed by atoms with E-state index in [0.717, 1.165) is 25.8 Å². The monoisotopic (exact) mass is 580 g/mol. The van der Waals surface area contributed by atoms with Crippen molar-refractivity contribution in [2.24, 2.45) is 0 Å². The lowest BCUT2D eigenvalue weighted by molar-refractivity contribution is -0.136. The second kappa shape index (κ2) is 9.30. The summed E-state index contributed by atoms with van der Waals surface area (Å²) in [6.07, 6.45) is 0.528. The van der Waals surface area contributed by atoms with E-state index in [1.165, 1.54) is 4.90 Å². The van der Waals surface area contributed by atoms with Crippen molar-refractivity contribution in [3.8, 4) is 0 Å². The van der Waals surface area contributed by atoms with E-state index in [-0.39, 0.29) is 30.8 Å². The summed E-state index contributed by atoms with van der Waals surface area (Å²) in [6.45, 7) is 4.29. The van der Waals surface area contributed by atoms with Crippen LogP contribution in [0.2, 0.25) is 5.02 Å². The van der Waals surface area contributed by atoms with Crippen molar-refractivity contribution in [2.45, 2.75) is 45.8 Å². The maximum atomic E-state index is 13.1. The number of piperidine rings is 1.